The first-order chi connectivity index (χ1) is 9.19. The van der Waals surface area contributed by atoms with Crippen molar-refractivity contribution in [2.45, 2.75) is 13.8 Å². The smallest absolute Gasteiger partial charge is 0.224 e. The topological polar surface area (TPSA) is 73.1 Å². The summed E-state index contributed by atoms with van der Waals surface area (Å²) >= 11 is 5.69. The van der Waals surface area contributed by atoms with Crippen LogP contribution >= 0.6 is 11.6 Å². The zero-order valence-corrected chi connectivity index (χ0v) is 11.9. The molecule has 5 nitrogen and oxygen atoms in total. The number of nitrogens with zero attached hydrogens (tertiary/aromatic N) is 2. The lowest BCUT2D eigenvalue weighted by atomic mass is 10.3. The van der Waals surface area contributed by atoms with E-state index in [2.05, 4.69) is 15.3 Å². The van der Waals surface area contributed by atoms with Gasteiger partial charge in [-0.05, 0) is 35.9 Å². The Morgan fingerprint density at radius 2 is 1.84 bits per heavy atom. The third-order valence-electron chi connectivity index (χ3n) is 2.14. The van der Waals surface area contributed by atoms with Crippen LogP contribution in [0.2, 0.25) is 5.28 Å². The van der Waals surface area contributed by atoms with E-state index >= 15 is 0 Å². The Labute approximate surface area is 117 Å². The lowest BCUT2D eigenvalue weighted by Crippen LogP contribution is -2.00. The predicted octanol–water partition coefficient (Wildman–Crippen LogP) is 3.49. The molecule has 0 aliphatic carbocycles. The summed E-state index contributed by atoms with van der Waals surface area (Å²) in [6.07, 6.45) is 1.46. The SMILES string of the molecule is CC.COc1ccc(Nc2nc(Cl)ncc2N)cc1. The molecule has 102 valence electrons. The molecule has 1 aromatic heterocycles. The van der Waals surface area contributed by atoms with Gasteiger partial charge < -0.3 is 15.8 Å². The Hall–Kier alpha value is -2.01. The average molecular weight is 281 g/mol. The number of anilines is 3. The van der Waals surface area contributed by atoms with Crippen LogP contribution in [-0.2, 0) is 0 Å². The Morgan fingerprint density at radius 1 is 1.21 bits per heavy atom. The third-order valence-corrected chi connectivity index (χ3v) is 2.32. The van der Waals surface area contributed by atoms with E-state index in [0.29, 0.717) is 11.5 Å². The summed E-state index contributed by atoms with van der Waals surface area (Å²) in [6.45, 7) is 4.00. The molecule has 0 saturated heterocycles. The van der Waals surface area contributed by atoms with Gasteiger partial charge in [-0.25, -0.2) is 4.98 Å². The van der Waals surface area contributed by atoms with E-state index in [-0.39, 0.29) is 5.28 Å². The van der Waals surface area contributed by atoms with Crippen LogP contribution in [0, 0.1) is 0 Å². The second kappa shape index (κ2) is 7.43. The lowest BCUT2D eigenvalue weighted by molar-refractivity contribution is 0.415. The fourth-order valence-electron chi connectivity index (χ4n) is 1.28. The number of methoxy groups -OCH3 is 1. The van der Waals surface area contributed by atoms with Crippen molar-refractivity contribution in [3.63, 3.8) is 0 Å². The van der Waals surface area contributed by atoms with Crippen molar-refractivity contribution >= 4 is 28.8 Å². The minimum absolute atomic E-state index is 0.148. The van der Waals surface area contributed by atoms with E-state index in [9.17, 15) is 0 Å². The van der Waals surface area contributed by atoms with Gasteiger partial charge in [0, 0.05) is 5.69 Å². The highest BCUT2D eigenvalue weighted by molar-refractivity contribution is 6.28. The molecule has 2 rings (SSSR count). The van der Waals surface area contributed by atoms with Gasteiger partial charge in [0.15, 0.2) is 5.82 Å². The van der Waals surface area contributed by atoms with Gasteiger partial charge in [-0.15, -0.1) is 0 Å². The highest BCUT2D eigenvalue weighted by Gasteiger charge is 2.03. The molecule has 0 saturated carbocycles. The molecule has 0 spiro atoms. The average Bonchev–Trinajstić information content (AvgIpc) is 2.46. The van der Waals surface area contributed by atoms with Crippen molar-refractivity contribution in [2.24, 2.45) is 0 Å². The van der Waals surface area contributed by atoms with Gasteiger partial charge in [-0.3, -0.25) is 0 Å². The molecule has 0 aliphatic rings. The number of nitrogen functional groups attached to an aromatic ring is 1. The molecule has 6 heteroatoms. The summed E-state index contributed by atoms with van der Waals surface area (Å²) in [5.41, 5.74) is 7.00. The summed E-state index contributed by atoms with van der Waals surface area (Å²) in [5.74, 6) is 1.26. The van der Waals surface area contributed by atoms with Crippen molar-refractivity contribution in [2.75, 3.05) is 18.2 Å². The van der Waals surface area contributed by atoms with Gasteiger partial charge in [0.1, 0.15) is 5.75 Å². The molecule has 0 aliphatic heterocycles. The highest BCUT2D eigenvalue weighted by atomic mass is 35.5. The number of nitrogens with two attached hydrogens (primary N) is 1. The molecule has 19 heavy (non-hydrogen) atoms. The van der Waals surface area contributed by atoms with E-state index in [4.69, 9.17) is 22.1 Å². The van der Waals surface area contributed by atoms with Crippen molar-refractivity contribution in [3.05, 3.63) is 35.7 Å². The maximum Gasteiger partial charge on any atom is 0.224 e. The summed E-state index contributed by atoms with van der Waals surface area (Å²) < 4.78 is 5.06. The maximum atomic E-state index is 5.72. The number of hydrogen-bond donors (Lipinski definition) is 2. The van der Waals surface area contributed by atoms with Crippen LogP contribution < -0.4 is 15.8 Å². The lowest BCUT2D eigenvalue weighted by Gasteiger charge is -2.08. The van der Waals surface area contributed by atoms with Gasteiger partial charge in [0.25, 0.3) is 0 Å². The van der Waals surface area contributed by atoms with Crippen LogP contribution in [-0.4, -0.2) is 17.1 Å². The van der Waals surface area contributed by atoms with Crippen molar-refractivity contribution in [3.8, 4) is 5.75 Å². The molecule has 1 heterocycles. The Morgan fingerprint density at radius 3 is 2.42 bits per heavy atom. The van der Waals surface area contributed by atoms with Crippen LogP contribution in [0.1, 0.15) is 13.8 Å². The van der Waals surface area contributed by atoms with Crippen molar-refractivity contribution < 1.29 is 4.74 Å². The van der Waals surface area contributed by atoms with Crippen LogP contribution in [0.3, 0.4) is 0 Å². The van der Waals surface area contributed by atoms with E-state index < -0.39 is 0 Å². The van der Waals surface area contributed by atoms with Crippen LogP contribution in [0.4, 0.5) is 17.2 Å². The minimum atomic E-state index is 0.148. The maximum absolute atomic E-state index is 5.72. The number of nitrogens with one attached hydrogen (secondary N) is 1. The molecular formula is C13H17ClN4O. The number of rotatable bonds is 3. The first kappa shape index (κ1) is 15.0. The molecule has 0 bridgehead atoms. The molecule has 0 amide bonds. The summed E-state index contributed by atoms with van der Waals surface area (Å²) in [5, 5.41) is 3.20. The molecule has 3 N–H and O–H groups in total. The van der Waals surface area contributed by atoms with Gasteiger partial charge in [0.05, 0.1) is 19.0 Å². The molecule has 2 aromatic rings. The van der Waals surface area contributed by atoms with Crippen molar-refractivity contribution in [1.82, 2.24) is 9.97 Å². The summed E-state index contributed by atoms with van der Waals surface area (Å²) in [7, 11) is 1.62. The van der Waals surface area contributed by atoms with Crippen LogP contribution in [0.15, 0.2) is 30.5 Å². The third kappa shape index (κ3) is 4.30. The predicted molar refractivity (Wildman–Crippen MR) is 79.1 cm³/mol. The molecule has 0 radical (unpaired) electrons. The van der Waals surface area contributed by atoms with E-state index in [0.717, 1.165) is 11.4 Å². The number of halogens is 1. The zero-order valence-electron chi connectivity index (χ0n) is 11.1. The Bertz CT molecular complexity index is 517. The van der Waals surface area contributed by atoms with E-state index in [1.165, 1.54) is 6.20 Å². The number of benzene rings is 1. The second-order valence-corrected chi connectivity index (χ2v) is 3.63. The molecular weight excluding hydrogens is 264 g/mol. The van der Waals surface area contributed by atoms with Crippen molar-refractivity contribution in [1.29, 1.82) is 0 Å². The Balaban J connectivity index is 0.000000861. The quantitative estimate of drug-likeness (QED) is 0.842. The summed E-state index contributed by atoms with van der Waals surface area (Å²) in [6, 6.07) is 7.38. The zero-order chi connectivity index (χ0) is 14.3. The molecule has 0 fully saturated rings. The monoisotopic (exact) mass is 280 g/mol. The number of ether oxygens (including phenoxy) is 1. The highest BCUT2D eigenvalue weighted by Crippen LogP contribution is 2.22. The standard InChI is InChI=1S/C11H11ClN4O.C2H6/c1-17-8-4-2-7(3-5-8)15-10-9(13)6-14-11(12)16-10;1-2/h2-6H,13H2,1H3,(H,14,15,16);1-2H3. The summed E-state index contributed by atoms with van der Waals surface area (Å²) in [4.78, 5) is 7.78. The first-order valence-electron chi connectivity index (χ1n) is 5.88. The van der Waals surface area contributed by atoms with E-state index in [1.807, 2.05) is 38.1 Å². The van der Waals surface area contributed by atoms with Gasteiger partial charge >= 0.3 is 0 Å². The van der Waals surface area contributed by atoms with Gasteiger partial charge in [0.2, 0.25) is 5.28 Å². The minimum Gasteiger partial charge on any atom is -0.497 e. The Kier molecular flexibility index (Phi) is 5.89. The first-order valence-corrected chi connectivity index (χ1v) is 6.26. The van der Waals surface area contributed by atoms with Gasteiger partial charge in [-0.2, -0.15) is 4.98 Å². The molecule has 1 aromatic carbocycles. The fraction of sp³-hybridized carbons (Fsp3) is 0.231. The largest absolute Gasteiger partial charge is 0.497 e. The van der Waals surface area contributed by atoms with Crippen LogP contribution in [0.5, 0.6) is 5.75 Å². The molecule has 0 unspecified atom stereocenters. The number of hydrogen-bond acceptors (Lipinski definition) is 5. The normalized spacial score (nSPS) is 9.26. The fourth-order valence-corrected chi connectivity index (χ4v) is 1.41. The second-order valence-electron chi connectivity index (χ2n) is 3.30. The van der Waals surface area contributed by atoms with Gasteiger partial charge in [-0.1, -0.05) is 13.8 Å². The number of aromatic nitrogens is 2. The molecule has 0 atom stereocenters. The van der Waals surface area contributed by atoms with Crippen LogP contribution in [0.25, 0.3) is 0 Å². The van der Waals surface area contributed by atoms with E-state index in [1.54, 1.807) is 7.11 Å².